The molecule has 1 aliphatic carbocycles. The van der Waals surface area contributed by atoms with Crippen molar-refractivity contribution < 1.29 is 9.84 Å². The highest BCUT2D eigenvalue weighted by molar-refractivity contribution is 7.98. The zero-order chi connectivity index (χ0) is 13.7. The Balaban J connectivity index is 1.94. The number of ether oxygens (including phenoxy) is 1. The van der Waals surface area contributed by atoms with Gasteiger partial charge in [-0.2, -0.15) is 0 Å². The summed E-state index contributed by atoms with van der Waals surface area (Å²) in [6.45, 7) is 1.11. The van der Waals surface area contributed by atoms with E-state index in [2.05, 4.69) is 29.8 Å². The number of hydrogen-bond donors (Lipinski definition) is 2. The summed E-state index contributed by atoms with van der Waals surface area (Å²) in [5.74, 6) is 1.71. The van der Waals surface area contributed by atoms with Crippen molar-refractivity contribution >= 4 is 11.8 Å². The van der Waals surface area contributed by atoms with Crippen LogP contribution in [0, 0.1) is 5.92 Å². The monoisotopic (exact) mass is 281 g/mol. The fraction of sp³-hybridized carbons (Fsp3) is 0.600. The maximum Gasteiger partial charge on any atom is 0.132 e. The van der Waals surface area contributed by atoms with Crippen molar-refractivity contribution in [2.45, 2.75) is 36.7 Å². The Bertz CT molecular complexity index is 407. The first-order valence-corrected chi connectivity index (χ1v) is 8.06. The van der Waals surface area contributed by atoms with E-state index < -0.39 is 0 Å². The molecule has 2 rings (SSSR count). The number of nitrogens with one attached hydrogen (secondary N) is 1. The lowest BCUT2D eigenvalue weighted by Gasteiger charge is -2.17. The summed E-state index contributed by atoms with van der Waals surface area (Å²) in [5.41, 5.74) is 1.23. The van der Waals surface area contributed by atoms with E-state index in [1.807, 2.05) is 0 Å². The Kier molecular flexibility index (Phi) is 5.55. The number of rotatable bonds is 8. The van der Waals surface area contributed by atoms with Crippen LogP contribution in [0.5, 0.6) is 5.75 Å². The quantitative estimate of drug-likeness (QED) is 0.719. The molecular formula is C15H23NO2S. The van der Waals surface area contributed by atoms with Gasteiger partial charge < -0.3 is 15.2 Å². The number of aliphatic hydroxyl groups excluding tert-OH is 1. The highest BCUT2D eigenvalue weighted by Gasteiger charge is 2.30. The normalized spacial score (nSPS) is 16.4. The van der Waals surface area contributed by atoms with Crippen molar-refractivity contribution in [2.24, 2.45) is 5.92 Å². The van der Waals surface area contributed by atoms with Crippen molar-refractivity contribution in [3.05, 3.63) is 23.8 Å². The maximum atomic E-state index is 9.10. The molecule has 0 bridgehead atoms. The van der Waals surface area contributed by atoms with Gasteiger partial charge in [-0.25, -0.2) is 0 Å². The first-order chi connectivity index (χ1) is 9.28. The molecule has 1 aliphatic rings. The molecule has 2 N–H and O–H groups in total. The Morgan fingerprint density at radius 3 is 2.84 bits per heavy atom. The molecule has 0 aliphatic heterocycles. The first-order valence-electron chi connectivity index (χ1n) is 6.83. The molecule has 0 radical (unpaired) electrons. The topological polar surface area (TPSA) is 41.5 Å². The van der Waals surface area contributed by atoms with Gasteiger partial charge in [0, 0.05) is 24.1 Å². The fourth-order valence-electron chi connectivity index (χ4n) is 2.38. The highest BCUT2D eigenvalue weighted by atomic mass is 32.2. The molecule has 1 aromatic rings. The molecule has 0 saturated heterocycles. The standard InChI is InChI=1S/C15H23NO2S/c1-18-14-9-11(3-6-15(14)19-2)10-16-13(7-8-17)12-4-5-12/h3,6,9,12-13,16-17H,4-5,7-8,10H2,1-2H3. The number of aliphatic hydroxyl groups is 1. The second-order valence-electron chi connectivity index (χ2n) is 5.03. The van der Waals surface area contributed by atoms with Crippen LogP contribution in [-0.2, 0) is 6.54 Å². The fourth-order valence-corrected chi connectivity index (χ4v) is 2.93. The molecule has 1 saturated carbocycles. The van der Waals surface area contributed by atoms with Crippen LogP contribution in [0.25, 0.3) is 0 Å². The van der Waals surface area contributed by atoms with Gasteiger partial charge in [0.25, 0.3) is 0 Å². The van der Waals surface area contributed by atoms with E-state index >= 15 is 0 Å². The largest absolute Gasteiger partial charge is 0.496 e. The molecule has 0 aromatic heterocycles. The molecular weight excluding hydrogens is 258 g/mol. The lowest BCUT2D eigenvalue weighted by Crippen LogP contribution is -2.31. The lowest BCUT2D eigenvalue weighted by molar-refractivity contribution is 0.255. The summed E-state index contributed by atoms with van der Waals surface area (Å²) in [5, 5.41) is 12.7. The van der Waals surface area contributed by atoms with E-state index in [4.69, 9.17) is 9.84 Å². The van der Waals surface area contributed by atoms with Gasteiger partial charge in [-0.15, -0.1) is 11.8 Å². The van der Waals surface area contributed by atoms with E-state index in [9.17, 15) is 0 Å². The molecule has 0 heterocycles. The van der Waals surface area contributed by atoms with E-state index in [0.717, 1.165) is 24.6 Å². The molecule has 1 atom stereocenters. The van der Waals surface area contributed by atoms with E-state index in [-0.39, 0.29) is 6.61 Å². The van der Waals surface area contributed by atoms with Crippen LogP contribution < -0.4 is 10.1 Å². The van der Waals surface area contributed by atoms with Gasteiger partial charge in [-0.1, -0.05) is 6.07 Å². The zero-order valence-corrected chi connectivity index (χ0v) is 12.5. The van der Waals surface area contributed by atoms with Crippen LogP contribution in [0.15, 0.2) is 23.1 Å². The SMILES string of the molecule is COc1cc(CNC(CCO)C2CC2)ccc1SC. The predicted octanol–water partition coefficient (Wildman–Crippen LogP) is 2.67. The smallest absolute Gasteiger partial charge is 0.132 e. The van der Waals surface area contributed by atoms with Crippen molar-refractivity contribution in [1.29, 1.82) is 0 Å². The third-order valence-corrected chi connectivity index (χ3v) is 4.42. The number of benzene rings is 1. The first kappa shape index (κ1) is 14.7. The predicted molar refractivity (Wildman–Crippen MR) is 79.8 cm³/mol. The highest BCUT2D eigenvalue weighted by Crippen LogP contribution is 2.34. The van der Waals surface area contributed by atoms with Crippen LogP contribution in [0.3, 0.4) is 0 Å². The molecule has 0 amide bonds. The van der Waals surface area contributed by atoms with Gasteiger partial charge in [0.1, 0.15) is 5.75 Å². The minimum Gasteiger partial charge on any atom is -0.496 e. The average molecular weight is 281 g/mol. The summed E-state index contributed by atoms with van der Waals surface area (Å²) in [6.07, 6.45) is 5.50. The molecule has 3 nitrogen and oxygen atoms in total. The Morgan fingerprint density at radius 2 is 2.26 bits per heavy atom. The van der Waals surface area contributed by atoms with E-state index in [1.54, 1.807) is 18.9 Å². The summed E-state index contributed by atoms with van der Waals surface area (Å²) < 4.78 is 5.40. The van der Waals surface area contributed by atoms with Crippen molar-refractivity contribution in [2.75, 3.05) is 20.0 Å². The van der Waals surface area contributed by atoms with Crippen LogP contribution in [0.2, 0.25) is 0 Å². The Labute approximate surface area is 119 Å². The number of thioether (sulfide) groups is 1. The van der Waals surface area contributed by atoms with Crippen molar-refractivity contribution in [3.63, 3.8) is 0 Å². The molecule has 4 heteroatoms. The van der Waals surface area contributed by atoms with Crippen LogP contribution in [-0.4, -0.2) is 31.1 Å². The molecule has 106 valence electrons. The van der Waals surface area contributed by atoms with Gasteiger partial charge in [0.05, 0.1) is 7.11 Å². The molecule has 1 fully saturated rings. The third-order valence-electron chi connectivity index (χ3n) is 3.65. The third kappa shape index (κ3) is 4.13. The van der Waals surface area contributed by atoms with Crippen LogP contribution in [0.1, 0.15) is 24.8 Å². The molecule has 19 heavy (non-hydrogen) atoms. The summed E-state index contributed by atoms with van der Waals surface area (Å²) in [6, 6.07) is 6.81. The molecule has 1 aromatic carbocycles. The van der Waals surface area contributed by atoms with Gasteiger partial charge >= 0.3 is 0 Å². The Morgan fingerprint density at radius 1 is 1.47 bits per heavy atom. The minimum absolute atomic E-state index is 0.267. The van der Waals surface area contributed by atoms with Crippen molar-refractivity contribution in [3.8, 4) is 5.75 Å². The van der Waals surface area contributed by atoms with Crippen molar-refractivity contribution in [1.82, 2.24) is 5.32 Å². The Hall–Kier alpha value is -0.710. The van der Waals surface area contributed by atoms with Gasteiger partial charge in [0.2, 0.25) is 0 Å². The van der Waals surface area contributed by atoms with Gasteiger partial charge in [-0.3, -0.25) is 0 Å². The minimum atomic E-state index is 0.267. The zero-order valence-electron chi connectivity index (χ0n) is 11.7. The lowest BCUT2D eigenvalue weighted by atomic mass is 10.1. The molecule has 0 spiro atoms. The maximum absolute atomic E-state index is 9.10. The second-order valence-corrected chi connectivity index (χ2v) is 5.87. The van der Waals surface area contributed by atoms with E-state index in [1.165, 1.54) is 23.3 Å². The number of hydrogen-bond acceptors (Lipinski definition) is 4. The van der Waals surface area contributed by atoms with E-state index in [0.29, 0.717) is 6.04 Å². The summed E-state index contributed by atoms with van der Waals surface area (Å²) in [4.78, 5) is 1.17. The van der Waals surface area contributed by atoms with Gasteiger partial charge in [-0.05, 0) is 49.1 Å². The summed E-state index contributed by atoms with van der Waals surface area (Å²) >= 11 is 1.70. The second kappa shape index (κ2) is 7.17. The average Bonchev–Trinajstić information content (AvgIpc) is 3.27. The van der Waals surface area contributed by atoms with Gasteiger partial charge in [0.15, 0.2) is 0 Å². The molecule has 1 unspecified atom stereocenters. The van der Waals surface area contributed by atoms with Crippen LogP contribution in [0.4, 0.5) is 0 Å². The van der Waals surface area contributed by atoms with Crippen LogP contribution >= 0.6 is 11.8 Å². The number of methoxy groups -OCH3 is 1. The summed E-state index contributed by atoms with van der Waals surface area (Å²) in [7, 11) is 1.71.